The van der Waals surface area contributed by atoms with Crippen LogP contribution >= 0.6 is 11.8 Å². The second-order valence-electron chi connectivity index (χ2n) is 9.03. The van der Waals surface area contributed by atoms with Gasteiger partial charge in [-0.25, -0.2) is 0 Å². The lowest BCUT2D eigenvalue weighted by Gasteiger charge is -2.22. The van der Waals surface area contributed by atoms with Crippen molar-refractivity contribution in [1.82, 2.24) is 9.80 Å². The molecule has 2 saturated heterocycles. The number of amides is 3. The highest BCUT2D eigenvalue weighted by Gasteiger charge is 2.37. The predicted molar refractivity (Wildman–Crippen MR) is 142 cm³/mol. The maximum absolute atomic E-state index is 13.0. The topological polar surface area (TPSA) is 66.9 Å². The van der Waals surface area contributed by atoms with Crippen LogP contribution in [0.5, 0.6) is 5.75 Å². The Bertz CT molecular complexity index is 1320. The van der Waals surface area contributed by atoms with Crippen molar-refractivity contribution in [2.45, 2.75) is 32.3 Å². The van der Waals surface area contributed by atoms with Crippen molar-refractivity contribution in [1.29, 1.82) is 0 Å². The summed E-state index contributed by atoms with van der Waals surface area (Å²) < 4.78 is 6.16. The number of thioether (sulfide) groups is 1. The molecule has 0 unspecified atom stereocenters. The van der Waals surface area contributed by atoms with E-state index in [0.29, 0.717) is 35.9 Å². The molecular formula is C29H28N2O4S. The maximum atomic E-state index is 13.0. The van der Waals surface area contributed by atoms with Gasteiger partial charge in [0.05, 0.1) is 4.91 Å². The Hall–Kier alpha value is -3.58. The van der Waals surface area contributed by atoms with E-state index >= 15 is 0 Å². The van der Waals surface area contributed by atoms with Gasteiger partial charge in [0.25, 0.3) is 11.1 Å². The first kappa shape index (κ1) is 24.1. The summed E-state index contributed by atoms with van der Waals surface area (Å²) >= 11 is 0.867. The highest BCUT2D eigenvalue weighted by atomic mass is 32.2. The highest BCUT2D eigenvalue weighted by molar-refractivity contribution is 8.18. The molecule has 0 bridgehead atoms. The fourth-order valence-electron chi connectivity index (χ4n) is 4.64. The number of fused-ring (bicyclic) bond motifs is 1. The standard InChI is InChI=1S/C29H28N2O4S/c32-27(30-16-7-1-2-8-17-30)19-31-28(33)26(36-29(31)34)18-22-11-4-6-15-25(22)35-20-23-13-9-12-21-10-3-5-14-24(21)23/h3-6,9-15,18H,1-2,7-8,16-17,19-20H2. The molecule has 2 heterocycles. The van der Waals surface area contributed by atoms with Gasteiger partial charge in [0.15, 0.2) is 0 Å². The Balaban J connectivity index is 1.30. The van der Waals surface area contributed by atoms with E-state index in [4.69, 9.17) is 4.74 Å². The Kier molecular flexibility index (Phi) is 7.37. The van der Waals surface area contributed by atoms with Crippen molar-refractivity contribution in [3.8, 4) is 5.75 Å². The number of likely N-dealkylation sites (tertiary alicyclic amines) is 1. The lowest BCUT2D eigenvalue weighted by Crippen LogP contribution is -2.42. The zero-order chi connectivity index (χ0) is 24.9. The molecule has 5 rings (SSSR count). The number of hydrogen-bond donors (Lipinski definition) is 0. The van der Waals surface area contributed by atoms with Crippen LogP contribution in [0.25, 0.3) is 16.8 Å². The number of benzene rings is 3. The smallest absolute Gasteiger partial charge is 0.294 e. The molecule has 3 amide bonds. The van der Waals surface area contributed by atoms with Crippen molar-refractivity contribution in [3.63, 3.8) is 0 Å². The summed E-state index contributed by atoms with van der Waals surface area (Å²) in [5, 5.41) is 1.87. The average Bonchev–Trinajstić information content (AvgIpc) is 3.08. The lowest BCUT2D eigenvalue weighted by molar-refractivity contribution is -0.135. The Morgan fingerprint density at radius 2 is 1.61 bits per heavy atom. The van der Waals surface area contributed by atoms with Gasteiger partial charge in [0.2, 0.25) is 5.91 Å². The summed E-state index contributed by atoms with van der Waals surface area (Å²) in [7, 11) is 0. The fraction of sp³-hybridized carbons (Fsp3) is 0.276. The number of rotatable bonds is 6. The van der Waals surface area contributed by atoms with Gasteiger partial charge in [0.1, 0.15) is 18.9 Å². The fourth-order valence-corrected chi connectivity index (χ4v) is 5.47. The van der Waals surface area contributed by atoms with Crippen molar-refractivity contribution >= 4 is 45.7 Å². The van der Waals surface area contributed by atoms with E-state index in [1.165, 1.54) is 0 Å². The third-order valence-corrected chi connectivity index (χ3v) is 7.50. The molecule has 184 valence electrons. The molecule has 0 radical (unpaired) electrons. The third-order valence-electron chi connectivity index (χ3n) is 6.59. The van der Waals surface area contributed by atoms with Crippen LogP contribution in [0.3, 0.4) is 0 Å². The minimum absolute atomic E-state index is 0.167. The van der Waals surface area contributed by atoms with Gasteiger partial charge in [-0.3, -0.25) is 19.3 Å². The predicted octanol–water partition coefficient (Wildman–Crippen LogP) is 5.86. The van der Waals surface area contributed by atoms with Crippen molar-refractivity contribution in [2.75, 3.05) is 19.6 Å². The largest absolute Gasteiger partial charge is 0.488 e. The van der Waals surface area contributed by atoms with Crippen LogP contribution in [0.1, 0.15) is 36.8 Å². The summed E-state index contributed by atoms with van der Waals surface area (Å²) in [6.45, 7) is 1.54. The molecule has 2 aliphatic rings. The maximum Gasteiger partial charge on any atom is 0.294 e. The van der Waals surface area contributed by atoms with Crippen LogP contribution in [0.2, 0.25) is 0 Å². The quantitative estimate of drug-likeness (QED) is 0.397. The van der Waals surface area contributed by atoms with Gasteiger partial charge < -0.3 is 9.64 Å². The number of nitrogens with zero attached hydrogens (tertiary/aromatic N) is 2. The summed E-state index contributed by atoms with van der Waals surface area (Å²) in [4.78, 5) is 41.6. The van der Waals surface area contributed by atoms with Gasteiger partial charge in [-0.2, -0.15) is 0 Å². The van der Waals surface area contributed by atoms with Gasteiger partial charge in [-0.1, -0.05) is 73.5 Å². The second kappa shape index (κ2) is 11.0. The van der Waals surface area contributed by atoms with Gasteiger partial charge in [-0.05, 0) is 53.1 Å². The van der Waals surface area contributed by atoms with Crippen molar-refractivity contribution in [3.05, 3.63) is 82.8 Å². The number of ether oxygens (including phenoxy) is 1. The first-order valence-electron chi connectivity index (χ1n) is 12.3. The van der Waals surface area contributed by atoms with Crippen LogP contribution in [-0.2, 0) is 16.2 Å². The highest BCUT2D eigenvalue weighted by Crippen LogP contribution is 2.34. The second-order valence-corrected chi connectivity index (χ2v) is 10.0. The number of hydrogen-bond acceptors (Lipinski definition) is 5. The Morgan fingerprint density at radius 1 is 0.889 bits per heavy atom. The number of carbonyl (C=O) groups excluding carboxylic acids is 3. The van der Waals surface area contributed by atoms with E-state index in [2.05, 4.69) is 18.2 Å². The molecule has 7 heteroatoms. The summed E-state index contributed by atoms with van der Waals surface area (Å²) in [5.74, 6) is 0.0224. The van der Waals surface area contributed by atoms with Gasteiger partial charge >= 0.3 is 0 Å². The zero-order valence-electron chi connectivity index (χ0n) is 20.0. The van der Waals surface area contributed by atoms with E-state index in [0.717, 1.165) is 58.7 Å². The van der Waals surface area contributed by atoms with E-state index in [9.17, 15) is 14.4 Å². The SMILES string of the molecule is O=C(CN1C(=O)SC(=Cc2ccccc2OCc2cccc3ccccc23)C1=O)N1CCCCCC1. The molecule has 3 aromatic rings. The molecule has 2 aliphatic heterocycles. The number of carbonyl (C=O) groups is 3. The molecule has 0 saturated carbocycles. The van der Waals surface area contributed by atoms with Crippen LogP contribution in [0.4, 0.5) is 4.79 Å². The normalized spacial score (nSPS) is 17.6. The molecule has 2 fully saturated rings. The van der Waals surface area contributed by atoms with Crippen LogP contribution < -0.4 is 4.74 Å². The van der Waals surface area contributed by atoms with E-state index in [1.807, 2.05) is 48.5 Å². The van der Waals surface area contributed by atoms with Crippen molar-refractivity contribution in [2.24, 2.45) is 0 Å². The van der Waals surface area contributed by atoms with Crippen LogP contribution in [0, 0.1) is 0 Å². The minimum atomic E-state index is -0.433. The van der Waals surface area contributed by atoms with Gasteiger partial charge in [-0.15, -0.1) is 0 Å². The zero-order valence-corrected chi connectivity index (χ0v) is 20.8. The summed E-state index contributed by atoms with van der Waals surface area (Å²) in [5.41, 5.74) is 1.78. The average molecular weight is 501 g/mol. The molecule has 36 heavy (non-hydrogen) atoms. The molecule has 0 atom stereocenters. The van der Waals surface area contributed by atoms with E-state index in [-0.39, 0.29) is 12.5 Å². The number of imide groups is 1. The number of para-hydroxylation sites is 1. The first-order valence-corrected chi connectivity index (χ1v) is 13.1. The third kappa shape index (κ3) is 5.31. The monoisotopic (exact) mass is 500 g/mol. The molecule has 0 spiro atoms. The molecule has 6 nitrogen and oxygen atoms in total. The first-order chi connectivity index (χ1) is 17.6. The van der Waals surface area contributed by atoms with Crippen LogP contribution in [0.15, 0.2) is 71.6 Å². The van der Waals surface area contributed by atoms with Crippen molar-refractivity contribution < 1.29 is 19.1 Å². The summed E-state index contributed by atoms with van der Waals surface area (Å²) in [6, 6.07) is 21.7. The summed E-state index contributed by atoms with van der Waals surface area (Å²) in [6.07, 6.45) is 5.82. The minimum Gasteiger partial charge on any atom is -0.488 e. The van der Waals surface area contributed by atoms with Gasteiger partial charge in [0, 0.05) is 18.7 Å². The molecule has 0 aromatic heterocycles. The molecular weight excluding hydrogens is 472 g/mol. The molecule has 0 N–H and O–H groups in total. The van der Waals surface area contributed by atoms with E-state index < -0.39 is 11.1 Å². The Labute approximate surface area is 214 Å². The Morgan fingerprint density at radius 3 is 2.44 bits per heavy atom. The van der Waals surface area contributed by atoms with Crippen LogP contribution in [-0.4, -0.2) is 46.5 Å². The molecule has 3 aromatic carbocycles. The molecule has 0 aliphatic carbocycles. The lowest BCUT2D eigenvalue weighted by atomic mass is 10.1. The van der Waals surface area contributed by atoms with E-state index in [1.54, 1.807) is 11.0 Å².